The predicted molar refractivity (Wildman–Crippen MR) is 71.0 cm³/mol. The number of likely N-dealkylation sites (tertiary alicyclic amines) is 1. The Hall–Kier alpha value is -0.120. The first-order valence-corrected chi connectivity index (χ1v) is 7.19. The minimum Gasteiger partial charge on any atom is -0.381 e. The zero-order valence-electron chi connectivity index (χ0n) is 11.5. The van der Waals surface area contributed by atoms with Crippen LogP contribution in [0.1, 0.15) is 39.5 Å². The normalized spacial score (nSPS) is 31.6. The Balaban J connectivity index is 1.73. The highest BCUT2D eigenvalue weighted by molar-refractivity contribution is 4.85. The van der Waals surface area contributed by atoms with Crippen molar-refractivity contribution in [2.45, 2.75) is 45.6 Å². The molecule has 17 heavy (non-hydrogen) atoms. The first-order valence-electron chi connectivity index (χ1n) is 7.19. The second-order valence-electron chi connectivity index (χ2n) is 6.25. The van der Waals surface area contributed by atoms with Gasteiger partial charge in [0.15, 0.2) is 0 Å². The molecule has 0 bridgehead atoms. The smallest absolute Gasteiger partial charge is 0.0510 e. The molecule has 2 rings (SSSR count). The van der Waals surface area contributed by atoms with E-state index in [9.17, 15) is 0 Å². The number of rotatable bonds is 4. The summed E-state index contributed by atoms with van der Waals surface area (Å²) in [6.07, 6.45) is 5.12. The first kappa shape index (κ1) is 13.3. The molecule has 2 atom stereocenters. The summed E-state index contributed by atoms with van der Waals surface area (Å²) in [5, 5.41) is 0. The molecule has 0 radical (unpaired) electrons. The molecule has 2 fully saturated rings. The van der Waals surface area contributed by atoms with Crippen LogP contribution in [0.15, 0.2) is 0 Å². The predicted octanol–water partition coefficient (Wildman–Crippen LogP) is 1.86. The summed E-state index contributed by atoms with van der Waals surface area (Å²) >= 11 is 0. The minimum absolute atomic E-state index is 0.309. The largest absolute Gasteiger partial charge is 0.381 e. The molecular formula is C14H28N2O. The van der Waals surface area contributed by atoms with Crippen molar-refractivity contribution in [2.75, 3.05) is 32.8 Å². The third-order valence-electron chi connectivity index (χ3n) is 4.96. The van der Waals surface area contributed by atoms with Crippen molar-refractivity contribution < 1.29 is 4.74 Å². The third-order valence-corrected chi connectivity index (χ3v) is 4.96. The van der Waals surface area contributed by atoms with Crippen molar-refractivity contribution in [1.29, 1.82) is 0 Å². The zero-order valence-corrected chi connectivity index (χ0v) is 11.5. The number of nitrogens with zero attached hydrogens (tertiary/aromatic N) is 1. The number of nitrogens with two attached hydrogens (primary N) is 1. The fraction of sp³-hybridized carbons (Fsp3) is 1.00. The van der Waals surface area contributed by atoms with E-state index in [1.165, 1.54) is 32.4 Å². The molecule has 100 valence electrons. The lowest BCUT2D eigenvalue weighted by molar-refractivity contribution is 0.101. The van der Waals surface area contributed by atoms with Gasteiger partial charge in [-0.2, -0.15) is 0 Å². The molecule has 3 nitrogen and oxygen atoms in total. The van der Waals surface area contributed by atoms with Gasteiger partial charge in [0.05, 0.1) is 6.61 Å². The van der Waals surface area contributed by atoms with Crippen molar-refractivity contribution in [3.05, 3.63) is 0 Å². The lowest BCUT2D eigenvalue weighted by atomic mass is 9.78. The zero-order chi connectivity index (χ0) is 12.3. The molecule has 2 saturated heterocycles. The molecule has 3 heteroatoms. The first-order chi connectivity index (χ1) is 8.13. The van der Waals surface area contributed by atoms with Crippen molar-refractivity contribution in [2.24, 2.45) is 17.1 Å². The summed E-state index contributed by atoms with van der Waals surface area (Å²) < 4.78 is 5.42. The SMILES string of the molecule is CCC1(C)CCN(CC(N)C2CCOC2)CC1. The van der Waals surface area contributed by atoms with Crippen LogP contribution in [0.5, 0.6) is 0 Å². The molecule has 2 aliphatic rings. The van der Waals surface area contributed by atoms with Gasteiger partial charge >= 0.3 is 0 Å². The van der Waals surface area contributed by atoms with Crippen LogP contribution in [0.25, 0.3) is 0 Å². The van der Waals surface area contributed by atoms with Gasteiger partial charge in [0.2, 0.25) is 0 Å². The number of hydrogen-bond donors (Lipinski definition) is 1. The fourth-order valence-electron chi connectivity index (χ4n) is 2.97. The third kappa shape index (κ3) is 3.43. The molecule has 2 heterocycles. The molecule has 2 unspecified atom stereocenters. The number of ether oxygens (including phenoxy) is 1. The standard InChI is InChI=1S/C14H28N2O/c1-3-14(2)5-7-16(8-6-14)10-13(15)12-4-9-17-11-12/h12-13H,3-11,15H2,1-2H3. The summed E-state index contributed by atoms with van der Waals surface area (Å²) in [5.74, 6) is 0.592. The Morgan fingerprint density at radius 2 is 2.12 bits per heavy atom. The van der Waals surface area contributed by atoms with Gasteiger partial charge in [0, 0.05) is 25.1 Å². The lowest BCUT2D eigenvalue weighted by Gasteiger charge is -2.40. The summed E-state index contributed by atoms with van der Waals surface area (Å²) in [7, 11) is 0. The summed E-state index contributed by atoms with van der Waals surface area (Å²) in [5.41, 5.74) is 6.87. The molecule has 0 aromatic carbocycles. The topological polar surface area (TPSA) is 38.5 Å². The summed E-state index contributed by atoms with van der Waals surface area (Å²) in [4.78, 5) is 2.56. The van der Waals surface area contributed by atoms with E-state index < -0.39 is 0 Å². The highest BCUT2D eigenvalue weighted by Gasteiger charge is 2.30. The molecule has 0 saturated carbocycles. The van der Waals surface area contributed by atoms with E-state index in [-0.39, 0.29) is 0 Å². The van der Waals surface area contributed by atoms with Crippen LogP contribution < -0.4 is 5.73 Å². The molecular weight excluding hydrogens is 212 g/mol. The molecule has 2 aliphatic heterocycles. The monoisotopic (exact) mass is 240 g/mol. The van der Waals surface area contributed by atoms with Crippen LogP contribution in [0.3, 0.4) is 0 Å². The van der Waals surface area contributed by atoms with E-state index in [1.54, 1.807) is 0 Å². The average Bonchev–Trinajstić information content (AvgIpc) is 2.86. The van der Waals surface area contributed by atoms with Crippen LogP contribution in [-0.2, 0) is 4.74 Å². The van der Waals surface area contributed by atoms with Crippen molar-refractivity contribution >= 4 is 0 Å². The Kier molecular flexibility index (Phi) is 4.45. The Morgan fingerprint density at radius 3 is 2.65 bits per heavy atom. The van der Waals surface area contributed by atoms with E-state index in [0.29, 0.717) is 17.4 Å². The van der Waals surface area contributed by atoms with E-state index in [2.05, 4.69) is 18.7 Å². The van der Waals surface area contributed by atoms with Gasteiger partial charge in [-0.05, 0) is 37.8 Å². The van der Waals surface area contributed by atoms with Gasteiger partial charge in [0.25, 0.3) is 0 Å². The Bertz CT molecular complexity index is 230. The highest BCUT2D eigenvalue weighted by atomic mass is 16.5. The number of piperidine rings is 1. The molecule has 0 spiro atoms. The van der Waals surface area contributed by atoms with Crippen LogP contribution in [0.2, 0.25) is 0 Å². The number of hydrogen-bond acceptors (Lipinski definition) is 3. The quantitative estimate of drug-likeness (QED) is 0.815. The maximum atomic E-state index is 6.29. The van der Waals surface area contributed by atoms with Gasteiger partial charge in [-0.3, -0.25) is 0 Å². The van der Waals surface area contributed by atoms with Crippen molar-refractivity contribution in [3.8, 4) is 0 Å². The lowest BCUT2D eigenvalue weighted by Crippen LogP contribution is -2.47. The van der Waals surface area contributed by atoms with Gasteiger partial charge in [-0.15, -0.1) is 0 Å². The van der Waals surface area contributed by atoms with Crippen LogP contribution in [0.4, 0.5) is 0 Å². The molecule has 0 aromatic rings. The van der Waals surface area contributed by atoms with E-state index in [4.69, 9.17) is 10.5 Å². The fourth-order valence-corrected chi connectivity index (χ4v) is 2.97. The molecule has 0 aliphatic carbocycles. The average molecular weight is 240 g/mol. The Morgan fingerprint density at radius 1 is 1.41 bits per heavy atom. The van der Waals surface area contributed by atoms with E-state index >= 15 is 0 Å². The molecule has 2 N–H and O–H groups in total. The second-order valence-corrected chi connectivity index (χ2v) is 6.25. The van der Waals surface area contributed by atoms with Gasteiger partial charge in [-0.1, -0.05) is 20.3 Å². The van der Waals surface area contributed by atoms with Gasteiger partial charge < -0.3 is 15.4 Å². The summed E-state index contributed by atoms with van der Waals surface area (Å²) in [6, 6.07) is 0.309. The molecule has 0 amide bonds. The van der Waals surface area contributed by atoms with Gasteiger partial charge in [-0.25, -0.2) is 0 Å². The van der Waals surface area contributed by atoms with E-state index in [0.717, 1.165) is 26.2 Å². The summed E-state index contributed by atoms with van der Waals surface area (Å²) in [6.45, 7) is 10.0. The minimum atomic E-state index is 0.309. The van der Waals surface area contributed by atoms with Crippen molar-refractivity contribution in [1.82, 2.24) is 4.90 Å². The molecule has 0 aromatic heterocycles. The van der Waals surface area contributed by atoms with Crippen LogP contribution in [0, 0.1) is 11.3 Å². The highest BCUT2D eigenvalue weighted by Crippen LogP contribution is 2.34. The second kappa shape index (κ2) is 5.68. The maximum absolute atomic E-state index is 6.29. The van der Waals surface area contributed by atoms with Gasteiger partial charge in [0.1, 0.15) is 0 Å². The van der Waals surface area contributed by atoms with E-state index in [1.807, 2.05) is 0 Å². The van der Waals surface area contributed by atoms with Crippen molar-refractivity contribution in [3.63, 3.8) is 0 Å². The Labute approximate surface area is 106 Å². The van der Waals surface area contributed by atoms with Crippen LogP contribution in [-0.4, -0.2) is 43.8 Å². The van der Waals surface area contributed by atoms with Crippen LogP contribution >= 0.6 is 0 Å². The maximum Gasteiger partial charge on any atom is 0.0510 e.